The van der Waals surface area contributed by atoms with Crippen LogP contribution in [0.5, 0.6) is 11.5 Å². The van der Waals surface area contributed by atoms with Gasteiger partial charge in [0, 0.05) is 33.7 Å². The number of hydrogen-bond acceptors (Lipinski definition) is 1. The SMILES string of the molecule is c1cc2c3c(c1)-c1cccc[n+]1C31c3c(ccc4c5cc6cccc7c8cccc9cccc(c98)c(c67)c5n5cc[n+]1c5c34)O2. The van der Waals surface area contributed by atoms with Crippen molar-refractivity contribution in [3.05, 3.63) is 139 Å². The van der Waals surface area contributed by atoms with Gasteiger partial charge in [0.1, 0.15) is 40.5 Å². The molecule has 0 bridgehead atoms. The van der Waals surface area contributed by atoms with Crippen LogP contribution >= 0.6 is 0 Å². The monoisotopic (exact) mass is 571 g/mol. The number of ether oxygens (including phenoxy) is 1. The summed E-state index contributed by atoms with van der Waals surface area (Å²) >= 11 is 0. The van der Waals surface area contributed by atoms with Gasteiger partial charge in [0.2, 0.25) is 5.69 Å². The molecule has 0 saturated heterocycles. The van der Waals surface area contributed by atoms with Gasteiger partial charge < -0.3 is 4.74 Å². The molecule has 0 aliphatic carbocycles. The first-order valence-corrected chi connectivity index (χ1v) is 15.6. The molecule has 7 aromatic carbocycles. The fourth-order valence-electron chi connectivity index (χ4n) is 9.68. The summed E-state index contributed by atoms with van der Waals surface area (Å²) in [4.78, 5) is 0. The van der Waals surface area contributed by atoms with Gasteiger partial charge in [-0.2, -0.15) is 8.97 Å². The Balaban J connectivity index is 1.35. The Morgan fingerprint density at radius 3 is 2.22 bits per heavy atom. The smallest absolute Gasteiger partial charge is 0.371 e. The molecule has 0 N–H and O–H groups in total. The standard InChI is InChI=1S/C41H21N3O/c1-2-18-43-30(14-1)27-12-6-15-31-37(27)41(43)38-32(45-31)17-16-26-29-21-23-9-5-11-25-24-10-3-7-22-8-4-13-28(33(22)24)35(34(23)25)39(29)42-19-20-44(41)40(42)36(26)38/h1-21H/q+2. The van der Waals surface area contributed by atoms with E-state index in [0.29, 0.717) is 0 Å². The summed E-state index contributed by atoms with van der Waals surface area (Å²) in [5.74, 6) is 1.87. The summed E-state index contributed by atoms with van der Waals surface area (Å²) < 4.78 is 14.3. The highest BCUT2D eigenvalue weighted by Crippen LogP contribution is 2.57. The summed E-state index contributed by atoms with van der Waals surface area (Å²) in [5, 5.41) is 14.3. The molecule has 1 unspecified atom stereocenters. The number of rotatable bonds is 0. The quantitative estimate of drug-likeness (QED) is 0.102. The van der Waals surface area contributed by atoms with Crippen molar-refractivity contribution in [3.63, 3.8) is 0 Å². The Morgan fingerprint density at radius 1 is 0.533 bits per heavy atom. The van der Waals surface area contributed by atoms with Crippen molar-refractivity contribution in [2.45, 2.75) is 5.66 Å². The second kappa shape index (κ2) is 6.72. The van der Waals surface area contributed by atoms with Crippen LogP contribution in [-0.2, 0) is 5.66 Å². The number of nitrogens with zero attached hydrogens (tertiary/aromatic N) is 3. The van der Waals surface area contributed by atoms with Gasteiger partial charge in [-0.3, -0.25) is 0 Å². The minimum Gasteiger partial charge on any atom is -0.456 e. The molecule has 45 heavy (non-hydrogen) atoms. The van der Waals surface area contributed by atoms with Crippen molar-refractivity contribution in [2.24, 2.45) is 0 Å². The lowest BCUT2D eigenvalue weighted by molar-refractivity contribution is -0.950. The number of aromatic nitrogens is 3. The lowest BCUT2D eigenvalue weighted by Crippen LogP contribution is -2.71. The van der Waals surface area contributed by atoms with Crippen LogP contribution in [0.15, 0.2) is 128 Å². The molecular weight excluding hydrogens is 550 g/mol. The van der Waals surface area contributed by atoms with E-state index < -0.39 is 5.66 Å². The van der Waals surface area contributed by atoms with Gasteiger partial charge in [0.05, 0.1) is 10.9 Å². The Labute approximate surface area is 255 Å². The van der Waals surface area contributed by atoms with Gasteiger partial charge in [-0.25, -0.2) is 0 Å². The molecule has 1 spiro atoms. The summed E-state index contributed by atoms with van der Waals surface area (Å²) in [7, 11) is 0. The van der Waals surface area contributed by atoms with E-state index in [0.717, 1.165) is 11.5 Å². The molecule has 6 heterocycles. The third-order valence-corrected chi connectivity index (χ3v) is 11.1. The molecule has 0 saturated carbocycles. The average molecular weight is 572 g/mol. The zero-order valence-electron chi connectivity index (χ0n) is 23.9. The van der Waals surface area contributed by atoms with E-state index in [4.69, 9.17) is 4.74 Å². The van der Waals surface area contributed by atoms with Crippen LogP contribution in [0.25, 0.3) is 81.7 Å². The number of benzene rings is 7. The Morgan fingerprint density at radius 2 is 1.31 bits per heavy atom. The van der Waals surface area contributed by atoms with Crippen molar-refractivity contribution in [2.75, 3.05) is 0 Å². The maximum atomic E-state index is 6.78. The summed E-state index contributed by atoms with van der Waals surface area (Å²) in [5.41, 5.74) is 6.82. The molecule has 4 heteroatoms. The fourth-order valence-corrected chi connectivity index (χ4v) is 9.68. The summed E-state index contributed by atoms with van der Waals surface area (Å²) in [6.07, 6.45) is 6.85. The van der Waals surface area contributed by atoms with Crippen LogP contribution in [0.4, 0.5) is 0 Å². The topological polar surface area (TPSA) is 21.4 Å². The highest BCUT2D eigenvalue weighted by molar-refractivity contribution is 6.39. The highest BCUT2D eigenvalue weighted by Gasteiger charge is 2.68. The lowest BCUT2D eigenvalue weighted by Gasteiger charge is -2.27. The third-order valence-electron chi connectivity index (χ3n) is 11.1. The molecule has 3 aromatic heterocycles. The minimum atomic E-state index is -0.557. The van der Waals surface area contributed by atoms with Crippen molar-refractivity contribution in [1.29, 1.82) is 0 Å². The molecule has 0 amide bonds. The molecule has 3 aliphatic rings. The molecule has 3 aliphatic heterocycles. The lowest BCUT2D eigenvalue weighted by atomic mass is 9.85. The highest BCUT2D eigenvalue weighted by atomic mass is 16.5. The van der Waals surface area contributed by atoms with Gasteiger partial charge in [-0.1, -0.05) is 60.7 Å². The average Bonchev–Trinajstić information content (AvgIpc) is 3.75. The fraction of sp³-hybridized carbons (Fsp3) is 0.0244. The van der Waals surface area contributed by atoms with E-state index in [9.17, 15) is 0 Å². The van der Waals surface area contributed by atoms with Crippen LogP contribution in [0, 0.1) is 0 Å². The predicted molar refractivity (Wildman–Crippen MR) is 178 cm³/mol. The van der Waals surface area contributed by atoms with Crippen LogP contribution in [-0.4, -0.2) is 4.40 Å². The number of fused-ring (bicyclic) bond motifs is 8. The Hall–Kier alpha value is -6.00. The van der Waals surface area contributed by atoms with E-state index in [2.05, 4.69) is 141 Å². The zero-order valence-corrected chi connectivity index (χ0v) is 23.9. The van der Waals surface area contributed by atoms with Gasteiger partial charge in [0.25, 0.3) is 0 Å². The van der Waals surface area contributed by atoms with Crippen LogP contribution in [0.2, 0.25) is 0 Å². The predicted octanol–water partition coefficient (Wildman–Crippen LogP) is 8.57. The molecule has 1 atom stereocenters. The largest absolute Gasteiger partial charge is 0.456 e. The van der Waals surface area contributed by atoms with E-state index in [-0.39, 0.29) is 0 Å². The third kappa shape index (κ3) is 2.05. The van der Waals surface area contributed by atoms with Gasteiger partial charge in [0.15, 0.2) is 6.20 Å². The second-order valence-corrected chi connectivity index (χ2v) is 12.9. The normalized spacial score (nSPS) is 17.2. The van der Waals surface area contributed by atoms with E-state index in [1.165, 1.54) is 92.8 Å². The van der Waals surface area contributed by atoms with Crippen molar-refractivity contribution in [3.8, 4) is 22.8 Å². The van der Waals surface area contributed by atoms with Crippen molar-refractivity contribution >= 4 is 70.4 Å². The minimum absolute atomic E-state index is 0.557. The van der Waals surface area contributed by atoms with E-state index in [1.54, 1.807) is 0 Å². The Kier molecular flexibility index (Phi) is 3.23. The van der Waals surface area contributed by atoms with Crippen LogP contribution in [0.1, 0.15) is 11.1 Å². The number of hydrogen-bond donors (Lipinski definition) is 0. The Bertz CT molecular complexity index is 3070. The number of imidazole rings is 1. The molecule has 0 fully saturated rings. The van der Waals surface area contributed by atoms with Gasteiger partial charge in [-0.05, 0) is 68.7 Å². The molecule has 4 nitrogen and oxygen atoms in total. The van der Waals surface area contributed by atoms with Gasteiger partial charge >= 0.3 is 11.3 Å². The van der Waals surface area contributed by atoms with E-state index in [1.807, 2.05) is 0 Å². The van der Waals surface area contributed by atoms with Crippen molar-refractivity contribution < 1.29 is 13.9 Å². The van der Waals surface area contributed by atoms with Gasteiger partial charge in [-0.15, -0.1) is 4.57 Å². The first-order chi connectivity index (χ1) is 22.3. The molecule has 13 rings (SSSR count). The maximum Gasteiger partial charge on any atom is 0.371 e. The summed E-state index contributed by atoms with van der Waals surface area (Å²) in [6.45, 7) is 0. The molecular formula is C41H21N3O+2. The van der Waals surface area contributed by atoms with Crippen LogP contribution in [0.3, 0.4) is 0 Å². The first kappa shape index (κ1) is 21.7. The zero-order chi connectivity index (χ0) is 28.8. The number of pyridine rings is 2. The molecule has 10 aromatic rings. The molecule has 204 valence electrons. The maximum absolute atomic E-state index is 6.78. The van der Waals surface area contributed by atoms with E-state index >= 15 is 0 Å². The molecule has 0 radical (unpaired) electrons. The second-order valence-electron chi connectivity index (χ2n) is 12.9. The van der Waals surface area contributed by atoms with Crippen LogP contribution < -0.4 is 13.9 Å². The first-order valence-electron chi connectivity index (χ1n) is 15.6. The summed E-state index contributed by atoms with van der Waals surface area (Å²) in [6, 6.07) is 40.3. The van der Waals surface area contributed by atoms with Crippen molar-refractivity contribution in [1.82, 2.24) is 4.40 Å².